The number of aromatic nitrogens is 4. The van der Waals surface area contributed by atoms with E-state index in [1.165, 1.54) is 0 Å². The summed E-state index contributed by atoms with van der Waals surface area (Å²) in [5.74, 6) is -0.360. The maximum atomic E-state index is 12.5. The van der Waals surface area contributed by atoms with Gasteiger partial charge in [0, 0.05) is 18.0 Å². The molecule has 29 heavy (non-hydrogen) atoms. The molecule has 0 fully saturated rings. The summed E-state index contributed by atoms with van der Waals surface area (Å²) in [5.41, 5.74) is 4.76. The van der Waals surface area contributed by atoms with Gasteiger partial charge in [-0.05, 0) is 24.4 Å². The molecule has 148 valence electrons. The molecule has 0 N–H and O–H groups in total. The van der Waals surface area contributed by atoms with Crippen molar-refractivity contribution < 1.29 is 30.6 Å². The molecule has 0 aliphatic carbocycles. The van der Waals surface area contributed by atoms with Crippen molar-refractivity contribution in [1.29, 1.82) is 0 Å². The van der Waals surface area contributed by atoms with Crippen molar-refractivity contribution in [2.75, 3.05) is 0 Å². The van der Waals surface area contributed by atoms with E-state index in [4.69, 9.17) is 4.74 Å². The monoisotopic (exact) mass is 565 g/mol. The Morgan fingerprint density at radius 1 is 1.07 bits per heavy atom. The number of carbonyl (C=O) groups is 1. The third-order valence-electron chi connectivity index (χ3n) is 4.26. The SMILES string of the molecule is Cc1c[c-]c(-n2nc(C(=O)Oc3ccn(-c4[c-]cccc4)n3)cc2C)c(C)c1.[Pt+2]. The first-order valence-electron chi connectivity index (χ1n) is 8.82. The Labute approximate surface area is 183 Å². The molecule has 0 aliphatic heterocycles. The van der Waals surface area contributed by atoms with Gasteiger partial charge in [-0.2, -0.15) is 53.1 Å². The zero-order valence-corrected chi connectivity index (χ0v) is 18.4. The average Bonchev–Trinajstić information content (AvgIpc) is 3.29. The molecule has 0 radical (unpaired) electrons. The fourth-order valence-electron chi connectivity index (χ4n) is 2.95. The van der Waals surface area contributed by atoms with Crippen molar-refractivity contribution in [3.8, 4) is 17.3 Å². The summed E-state index contributed by atoms with van der Waals surface area (Å²) in [6, 6.07) is 21.0. The van der Waals surface area contributed by atoms with E-state index in [2.05, 4.69) is 28.4 Å². The normalized spacial score (nSPS) is 10.4. The molecule has 4 rings (SSSR count). The molecule has 0 saturated carbocycles. The topological polar surface area (TPSA) is 61.9 Å². The summed E-state index contributed by atoms with van der Waals surface area (Å²) < 4.78 is 8.68. The van der Waals surface area contributed by atoms with Gasteiger partial charge in [0.2, 0.25) is 5.88 Å². The number of aryl methyl sites for hydroxylation is 3. The van der Waals surface area contributed by atoms with Gasteiger partial charge in [0.15, 0.2) is 5.69 Å². The van der Waals surface area contributed by atoms with Crippen molar-refractivity contribution in [2.45, 2.75) is 20.8 Å². The molecule has 4 aromatic rings. The molecule has 0 aliphatic rings. The van der Waals surface area contributed by atoms with E-state index in [1.807, 2.05) is 45.0 Å². The summed E-state index contributed by atoms with van der Waals surface area (Å²) in [6.07, 6.45) is 1.71. The van der Waals surface area contributed by atoms with Crippen molar-refractivity contribution >= 4 is 5.97 Å². The number of benzene rings is 2. The number of hydrogen-bond donors (Lipinski definition) is 0. The second-order valence-corrected chi connectivity index (χ2v) is 6.53. The van der Waals surface area contributed by atoms with E-state index in [1.54, 1.807) is 33.8 Å². The van der Waals surface area contributed by atoms with Gasteiger partial charge in [-0.15, -0.1) is 16.7 Å². The van der Waals surface area contributed by atoms with Crippen LogP contribution in [-0.4, -0.2) is 25.5 Å². The second-order valence-electron chi connectivity index (χ2n) is 6.53. The molecule has 2 aromatic carbocycles. The van der Waals surface area contributed by atoms with Crippen molar-refractivity contribution in [3.63, 3.8) is 0 Å². The molecule has 0 spiro atoms. The van der Waals surface area contributed by atoms with Gasteiger partial charge in [-0.1, -0.05) is 13.8 Å². The predicted molar refractivity (Wildman–Crippen MR) is 104 cm³/mol. The summed E-state index contributed by atoms with van der Waals surface area (Å²) in [4.78, 5) is 12.5. The maximum absolute atomic E-state index is 12.5. The predicted octanol–water partition coefficient (Wildman–Crippen LogP) is 3.80. The van der Waals surface area contributed by atoms with E-state index < -0.39 is 5.97 Å². The van der Waals surface area contributed by atoms with Gasteiger partial charge in [-0.3, -0.25) is 9.36 Å². The molecule has 0 atom stereocenters. The average molecular weight is 565 g/mol. The summed E-state index contributed by atoms with van der Waals surface area (Å²) in [6.45, 7) is 5.89. The Bertz CT molecular complexity index is 1150. The van der Waals surface area contributed by atoms with Crippen molar-refractivity contribution in [2.24, 2.45) is 0 Å². The number of nitrogens with zero attached hydrogens (tertiary/aromatic N) is 4. The first-order chi connectivity index (χ1) is 13.5. The van der Waals surface area contributed by atoms with E-state index in [0.29, 0.717) is 0 Å². The number of ether oxygens (including phenoxy) is 1. The quantitative estimate of drug-likeness (QED) is 0.279. The Morgan fingerprint density at radius 3 is 2.62 bits per heavy atom. The fourth-order valence-corrected chi connectivity index (χ4v) is 2.95. The minimum atomic E-state index is -0.561. The second kappa shape index (κ2) is 8.58. The molecule has 0 unspecified atom stereocenters. The summed E-state index contributed by atoms with van der Waals surface area (Å²) >= 11 is 0. The standard InChI is InChI=1S/C22H18N4O2.Pt/c1-15-9-10-20(16(2)13-15)26-17(3)14-19(23-26)22(27)28-21-11-12-25(24-21)18-7-5-4-6-8-18;/h4-7,9,11-14H,1-3H3;/q-2;+2. The maximum Gasteiger partial charge on any atom is 2.00 e. The number of carbonyl (C=O) groups excluding carboxylic acids is 1. The van der Waals surface area contributed by atoms with Crippen LogP contribution in [0.25, 0.3) is 11.4 Å². The third-order valence-corrected chi connectivity index (χ3v) is 4.26. The van der Waals surface area contributed by atoms with Crippen LogP contribution in [0.5, 0.6) is 5.88 Å². The molecule has 7 heteroatoms. The van der Waals surface area contributed by atoms with Gasteiger partial charge in [-0.25, -0.2) is 4.79 Å². The van der Waals surface area contributed by atoms with Crippen LogP contribution in [0.3, 0.4) is 0 Å². The summed E-state index contributed by atoms with van der Waals surface area (Å²) in [5, 5.41) is 8.66. The minimum Gasteiger partial charge on any atom is -0.401 e. The van der Waals surface area contributed by atoms with Gasteiger partial charge in [0.1, 0.15) is 0 Å². The number of para-hydroxylation sites is 1. The molecule has 0 saturated heterocycles. The molecule has 6 nitrogen and oxygen atoms in total. The first-order valence-corrected chi connectivity index (χ1v) is 8.82. The Morgan fingerprint density at radius 2 is 1.90 bits per heavy atom. The third kappa shape index (κ3) is 4.38. The van der Waals surface area contributed by atoms with Crippen LogP contribution in [0.4, 0.5) is 0 Å². The van der Waals surface area contributed by atoms with Crippen LogP contribution in [0.1, 0.15) is 27.3 Å². The summed E-state index contributed by atoms with van der Waals surface area (Å²) in [7, 11) is 0. The van der Waals surface area contributed by atoms with Crippen LogP contribution >= 0.6 is 0 Å². The molecular weight excluding hydrogens is 547 g/mol. The van der Waals surface area contributed by atoms with Crippen molar-refractivity contribution in [3.05, 3.63) is 89.4 Å². The minimum absolute atomic E-state index is 0. The van der Waals surface area contributed by atoms with E-state index in [0.717, 1.165) is 28.2 Å². The molecule has 2 aromatic heterocycles. The van der Waals surface area contributed by atoms with E-state index in [9.17, 15) is 4.79 Å². The first kappa shape index (κ1) is 20.7. The van der Waals surface area contributed by atoms with Gasteiger partial charge in [0.25, 0.3) is 0 Å². The van der Waals surface area contributed by atoms with Crippen LogP contribution in [0.2, 0.25) is 0 Å². The smallest absolute Gasteiger partial charge is 0.401 e. The van der Waals surface area contributed by atoms with Gasteiger partial charge < -0.3 is 4.74 Å². The Kier molecular flexibility index (Phi) is 6.14. The Hall–Kier alpha value is -2.98. The van der Waals surface area contributed by atoms with Crippen LogP contribution in [0.15, 0.2) is 54.7 Å². The van der Waals surface area contributed by atoms with Crippen molar-refractivity contribution in [1.82, 2.24) is 19.6 Å². The number of rotatable bonds is 4. The number of esters is 1. The molecule has 0 amide bonds. The zero-order valence-electron chi connectivity index (χ0n) is 16.1. The molecule has 0 bridgehead atoms. The van der Waals surface area contributed by atoms with Crippen LogP contribution < -0.4 is 4.74 Å². The van der Waals surface area contributed by atoms with Crippen LogP contribution in [0, 0.1) is 32.9 Å². The number of hydrogen-bond acceptors (Lipinski definition) is 4. The zero-order chi connectivity index (χ0) is 19.7. The van der Waals surface area contributed by atoms with Gasteiger partial charge >= 0.3 is 27.0 Å². The largest absolute Gasteiger partial charge is 2.00 e. The van der Waals surface area contributed by atoms with Crippen LogP contribution in [-0.2, 0) is 21.1 Å². The van der Waals surface area contributed by atoms with Gasteiger partial charge in [0.05, 0.1) is 0 Å². The Balaban J connectivity index is 0.00000240. The fraction of sp³-hybridized carbons (Fsp3) is 0.136. The van der Waals surface area contributed by atoms with E-state index >= 15 is 0 Å². The molecular formula is C22H18N4O2Pt. The molecule has 2 heterocycles. The van der Waals surface area contributed by atoms with E-state index in [-0.39, 0.29) is 32.6 Å².